The van der Waals surface area contributed by atoms with Crippen LogP contribution in [0.2, 0.25) is 0 Å². The fraction of sp³-hybridized carbons (Fsp3) is 0.464. The number of nitrogens with two attached hydrogens (primary N) is 1. The zero-order chi connectivity index (χ0) is 23.8. The molecule has 0 amide bonds. The number of benzene rings is 1. The molecule has 2 fully saturated rings. The average Bonchev–Trinajstić information content (AvgIpc) is 3.25. The molecule has 0 unspecified atom stereocenters. The molecular formula is C28H33FN4O. The number of hydrogen-bond acceptors (Lipinski definition) is 5. The molecule has 5 rings (SSSR count). The largest absolute Gasteiger partial charge is 0.370 e. The highest BCUT2D eigenvalue weighted by Crippen LogP contribution is 2.37. The SMILES string of the molecule is C[C@@H]1C[C@H](N)C[C@H](c2ccncc2CC(=O)c2ccc(F)c3cc(N4CC[C@@H](C)C4)cnc23)C1. The minimum absolute atomic E-state index is 0.0672. The van der Waals surface area contributed by atoms with Gasteiger partial charge in [-0.25, -0.2) is 4.39 Å². The number of pyridine rings is 2. The molecule has 0 bridgehead atoms. The van der Waals surface area contributed by atoms with Crippen LogP contribution in [-0.2, 0) is 6.42 Å². The summed E-state index contributed by atoms with van der Waals surface area (Å²) in [6.07, 6.45) is 9.74. The van der Waals surface area contributed by atoms with E-state index in [1.165, 1.54) is 6.07 Å². The summed E-state index contributed by atoms with van der Waals surface area (Å²) >= 11 is 0. The van der Waals surface area contributed by atoms with Crippen LogP contribution in [0.15, 0.2) is 42.9 Å². The van der Waals surface area contributed by atoms with Crippen molar-refractivity contribution in [1.29, 1.82) is 0 Å². The van der Waals surface area contributed by atoms with Gasteiger partial charge in [0.15, 0.2) is 5.78 Å². The van der Waals surface area contributed by atoms with Crippen molar-refractivity contribution in [2.75, 3.05) is 18.0 Å². The first-order valence-corrected chi connectivity index (χ1v) is 12.4. The van der Waals surface area contributed by atoms with Gasteiger partial charge < -0.3 is 10.6 Å². The summed E-state index contributed by atoms with van der Waals surface area (Å²) < 4.78 is 14.8. The third-order valence-corrected chi connectivity index (χ3v) is 7.58. The van der Waals surface area contributed by atoms with Crippen molar-refractivity contribution >= 4 is 22.4 Å². The highest BCUT2D eigenvalue weighted by atomic mass is 19.1. The summed E-state index contributed by atoms with van der Waals surface area (Å²) in [6.45, 7) is 6.36. The van der Waals surface area contributed by atoms with Gasteiger partial charge in [0, 0.05) is 48.9 Å². The number of carbonyl (C=O) groups is 1. The molecule has 3 aromatic rings. The predicted octanol–water partition coefficient (Wildman–Crippen LogP) is 5.27. The Labute approximate surface area is 200 Å². The Morgan fingerprint density at radius 1 is 1.15 bits per heavy atom. The van der Waals surface area contributed by atoms with Gasteiger partial charge in [-0.05, 0) is 78.8 Å². The molecule has 2 N–H and O–H groups in total. The third-order valence-electron chi connectivity index (χ3n) is 7.58. The first-order chi connectivity index (χ1) is 16.4. The van der Waals surface area contributed by atoms with Gasteiger partial charge in [-0.15, -0.1) is 0 Å². The molecule has 2 aromatic heterocycles. The number of anilines is 1. The van der Waals surface area contributed by atoms with Crippen LogP contribution < -0.4 is 10.6 Å². The van der Waals surface area contributed by atoms with E-state index in [0.29, 0.717) is 34.2 Å². The quantitative estimate of drug-likeness (QED) is 0.525. The zero-order valence-electron chi connectivity index (χ0n) is 20.0. The molecule has 5 nitrogen and oxygen atoms in total. The minimum Gasteiger partial charge on any atom is -0.370 e. The average molecular weight is 461 g/mol. The number of Topliss-reactive ketones (excluding diaryl/α,β-unsaturated/α-hetero) is 1. The Bertz CT molecular complexity index is 1200. The number of nitrogens with zero attached hydrogens (tertiary/aromatic N) is 3. The maximum atomic E-state index is 14.8. The molecule has 1 aromatic carbocycles. The molecule has 34 heavy (non-hydrogen) atoms. The van der Waals surface area contributed by atoms with Crippen LogP contribution in [0.5, 0.6) is 0 Å². The van der Waals surface area contributed by atoms with E-state index in [-0.39, 0.29) is 24.1 Å². The number of ketones is 1. The molecule has 6 heteroatoms. The summed E-state index contributed by atoms with van der Waals surface area (Å²) in [5.41, 5.74) is 10.2. The monoisotopic (exact) mass is 460 g/mol. The van der Waals surface area contributed by atoms with Gasteiger partial charge in [0.25, 0.3) is 0 Å². The predicted molar refractivity (Wildman–Crippen MR) is 134 cm³/mol. The van der Waals surface area contributed by atoms with E-state index in [4.69, 9.17) is 5.73 Å². The van der Waals surface area contributed by atoms with Gasteiger partial charge in [-0.1, -0.05) is 13.8 Å². The van der Waals surface area contributed by atoms with Crippen molar-refractivity contribution in [3.63, 3.8) is 0 Å². The van der Waals surface area contributed by atoms with E-state index in [0.717, 1.165) is 55.6 Å². The standard InChI is InChI=1S/C28H33FN4O/c1-17-6-8-33(16-17)22-13-25-26(29)4-3-24(28(25)32-15-22)27(34)12-20-14-31-7-5-23(20)19-9-18(2)10-21(30)11-19/h3-5,7,13-15,17-19,21H,6,8-12,16,30H2,1-2H3/t17-,18+,19-,21+/m1/s1. The van der Waals surface area contributed by atoms with Crippen molar-refractivity contribution in [2.24, 2.45) is 17.6 Å². The van der Waals surface area contributed by atoms with Crippen LogP contribution in [0, 0.1) is 17.7 Å². The molecule has 1 saturated carbocycles. The number of rotatable bonds is 5. The van der Waals surface area contributed by atoms with Crippen LogP contribution in [0.4, 0.5) is 10.1 Å². The lowest BCUT2D eigenvalue weighted by atomic mass is 9.75. The second kappa shape index (κ2) is 9.41. The Kier molecular flexibility index (Phi) is 6.34. The fourth-order valence-electron chi connectivity index (χ4n) is 5.91. The van der Waals surface area contributed by atoms with Gasteiger partial charge in [0.2, 0.25) is 0 Å². The van der Waals surface area contributed by atoms with Crippen molar-refractivity contribution in [2.45, 2.75) is 57.9 Å². The van der Waals surface area contributed by atoms with E-state index in [1.807, 2.05) is 12.1 Å². The van der Waals surface area contributed by atoms with Crippen molar-refractivity contribution < 1.29 is 9.18 Å². The fourth-order valence-corrected chi connectivity index (χ4v) is 5.91. The van der Waals surface area contributed by atoms with Crippen LogP contribution >= 0.6 is 0 Å². The third kappa shape index (κ3) is 4.56. The van der Waals surface area contributed by atoms with Crippen LogP contribution in [-0.4, -0.2) is 34.9 Å². The Morgan fingerprint density at radius 2 is 2.00 bits per heavy atom. The van der Waals surface area contributed by atoms with E-state index in [1.54, 1.807) is 24.7 Å². The molecule has 0 spiro atoms. The van der Waals surface area contributed by atoms with E-state index in [9.17, 15) is 9.18 Å². The van der Waals surface area contributed by atoms with Gasteiger partial charge in [-0.2, -0.15) is 0 Å². The summed E-state index contributed by atoms with van der Waals surface area (Å²) in [4.78, 5) is 24.6. The number of carbonyl (C=O) groups excluding carboxylic acids is 1. The molecule has 0 radical (unpaired) electrons. The molecular weight excluding hydrogens is 427 g/mol. The molecule has 3 heterocycles. The number of hydrogen-bond donors (Lipinski definition) is 1. The summed E-state index contributed by atoms with van der Waals surface area (Å²) in [6, 6.07) is 7.01. The second-order valence-electron chi connectivity index (χ2n) is 10.5. The van der Waals surface area contributed by atoms with E-state index < -0.39 is 0 Å². The molecule has 2 aliphatic rings. The summed E-state index contributed by atoms with van der Waals surface area (Å²) in [5.74, 6) is 1.09. The lowest BCUT2D eigenvalue weighted by Crippen LogP contribution is -2.31. The maximum Gasteiger partial charge on any atom is 0.169 e. The van der Waals surface area contributed by atoms with Gasteiger partial charge in [-0.3, -0.25) is 14.8 Å². The number of aromatic nitrogens is 2. The van der Waals surface area contributed by atoms with Crippen molar-refractivity contribution in [1.82, 2.24) is 9.97 Å². The van der Waals surface area contributed by atoms with Crippen LogP contribution in [0.3, 0.4) is 0 Å². The minimum atomic E-state index is -0.347. The maximum absolute atomic E-state index is 14.8. The summed E-state index contributed by atoms with van der Waals surface area (Å²) in [5, 5.41) is 0.404. The van der Waals surface area contributed by atoms with Crippen molar-refractivity contribution in [3.05, 3.63) is 65.4 Å². The molecule has 1 aliphatic carbocycles. The number of halogens is 1. The van der Waals surface area contributed by atoms with Gasteiger partial charge >= 0.3 is 0 Å². The molecule has 4 atom stereocenters. The Hall–Kier alpha value is -2.86. The Balaban J connectivity index is 1.44. The van der Waals surface area contributed by atoms with E-state index >= 15 is 0 Å². The van der Waals surface area contributed by atoms with Crippen molar-refractivity contribution in [3.8, 4) is 0 Å². The van der Waals surface area contributed by atoms with Gasteiger partial charge in [0.1, 0.15) is 5.82 Å². The molecule has 1 aliphatic heterocycles. The lowest BCUT2D eigenvalue weighted by Gasteiger charge is -2.32. The molecule has 1 saturated heterocycles. The highest BCUT2D eigenvalue weighted by molar-refractivity contribution is 6.08. The first kappa shape index (κ1) is 22.9. The smallest absolute Gasteiger partial charge is 0.169 e. The number of fused-ring (bicyclic) bond motifs is 1. The van der Waals surface area contributed by atoms with E-state index in [2.05, 4.69) is 28.7 Å². The first-order valence-electron chi connectivity index (χ1n) is 12.4. The topological polar surface area (TPSA) is 72.1 Å². The zero-order valence-corrected chi connectivity index (χ0v) is 20.0. The Morgan fingerprint density at radius 3 is 2.76 bits per heavy atom. The van der Waals surface area contributed by atoms with Crippen LogP contribution in [0.25, 0.3) is 10.9 Å². The second-order valence-corrected chi connectivity index (χ2v) is 10.5. The molecule has 178 valence electrons. The normalized spacial score (nSPS) is 25.1. The van der Waals surface area contributed by atoms with Crippen LogP contribution in [0.1, 0.15) is 66.9 Å². The highest BCUT2D eigenvalue weighted by Gasteiger charge is 2.28. The lowest BCUT2D eigenvalue weighted by molar-refractivity contribution is 0.0994. The summed E-state index contributed by atoms with van der Waals surface area (Å²) in [7, 11) is 0. The van der Waals surface area contributed by atoms with Gasteiger partial charge in [0.05, 0.1) is 17.4 Å².